The van der Waals surface area contributed by atoms with E-state index < -0.39 is 5.56 Å². The summed E-state index contributed by atoms with van der Waals surface area (Å²) in [7, 11) is 0. The Balaban J connectivity index is 3.40. The van der Waals surface area contributed by atoms with Crippen LogP contribution in [0.1, 0.15) is 17.3 Å². The minimum absolute atomic E-state index is 0.00463. The second kappa shape index (κ2) is 2.57. The number of hydrogen-bond donors (Lipinski definition) is 1. The first kappa shape index (κ1) is 7.53. The van der Waals surface area contributed by atoms with E-state index in [4.69, 9.17) is 5.21 Å². The molecule has 0 spiro atoms. The number of hydrogen-bond acceptors (Lipinski definition) is 3. The highest BCUT2D eigenvalue weighted by molar-refractivity contribution is 5.93. The van der Waals surface area contributed by atoms with Gasteiger partial charge in [-0.05, 0) is 19.1 Å². The van der Waals surface area contributed by atoms with Gasteiger partial charge >= 0.3 is 0 Å². The number of pyridine rings is 1. The van der Waals surface area contributed by atoms with E-state index in [0.29, 0.717) is 4.73 Å². The van der Waals surface area contributed by atoms with E-state index in [1.807, 2.05) is 0 Å². The molecule has 1 rings (SSSR count). The van der Waals surface area contributed by atoms with Crippen molar-refractivity contribution in [1.29, 1.82) is 0 Å². The summed E-state index contributed by atoms with van der Waals surface area (Å²) in [5, 5.41) is 8.80. The number of nitrogens with zero attached hydrogens (tertiary/aromatic N) is 1. The van der Waals surface area contributed by atoms with Crippen LogP contribution in [-0.2, 0) is 0 Å². The Morgan fingerprint density at radius 3 is 2.73 bits per heavy atom. The monoisotopic (exact) mass is 153 g/mol. The molecular formula is C7H7NO3. The van der Waals surface area contributed by atoms with E-state index in [2.05, 4.69) is 0 Å². The maximum Gasteiger partial charge on any atom is 0.293 e. The molecule has 0 fully saturated rings. The molecule has 4 nitrogen and oxygen atoms in total. The second-order valence-electron chi connectivity index (χ2n) is 2.13. The first-order valence-electron chi connectivity index (χ1n) is 3.05. The quantitative estimate of drug-likeness (QED) is 0.466. The third-order valence-corrected chi connectivity index (χ3v) is 1.31. The summed E-state index contributed by atoms with van der Waals surface area (Å²) in [6, 6.07) is 2.80. The number of carbonyl (C=O) groups excluding carboxylic acids is 1. The van der Waals surface area contributed by atoms with Crippen LogP contribution in [0, 0.1) is 0 Å². The van der Waals surface area contributed by atoms with E-state index in [0.717, 1.165) is 0 Å². The molecule has 1 N–H and O–H groups in total. The standard InChI is InChI=1S/C7H7NO3/c1-5(9)6-3-2-4-8(11)7(6)10/h2-4,11H,1H3. The zero-order chi connectivity index (χ0) is 8.43. The Kier molecular flexibility index (Phi) is 1.76. The number of Topliss-reactive ketones (excluding diaryl/α,β-unsaturated/α-hetero) is 1. The molecule has 1 aromatic rings. The van der Waals surface area contributed by atoms with Gasteiger partial charge in [-0.25, -0.2) is 0 Å². The lowest BCUT2D eigenvalue weighted by Crippen LogP contribution is -2.22. The zero-order valence-electron chi connectivity index (χ0n) is 5.94. The highest BCUT2D eigenvalue weighted by Crippen LogP contribution is 1.90. The van der Waals surface area contributed by atoms with Gasteiger partial charge in [-0.1, -0.05) is 0 Å². The fourth-order valence-electron chi connectivity index (χ4n) is 0.751. The Hall–Kier alpha value is -1.58. The van der Waals surface area contributed by atoms with Gasteiger partial charge in [0.2, 0.25) is 0 Å². The van der Waals surface area contributed by atoms with Gasteiger partial charge < -0.3 is 5.21 Å². The van der Waals surface area contributed by atoms with Crippen molar-refractivity contribution in [1.82, 2.24) is 4.73 Å². The predicted molar refractivity (Wildman–Crippen MR) is 37.9 cm³/mol. The molecule has 1 aromatic heterocycles. The van der Waals surface area contributed by atoms with Crippen LogP contribution in [0.2, 0.25) is 0 Å². The lowest BCUT2D eigenvalue weighted by atomic mass is 10.2. The average Bonchev–Trinajstić information content (AvgIpc) is 1.94. The van der Waals surface area contributed by atoms with Gasteiger partial charge in [-0.15, -0.1) is 0 Å². The Morgan fingerprint density at radius 2 is 2.27 bits per heavy atom. The molecule has 58 valence electrons. The van der Waals surface area contributed by atoms with Gasteiger partial charge in [-0.2, -0.15) is 4.73 Å². The van der Waals surface area contributed by atoms with E-state index in [9.17, 15) is 9.59 Å². The van der Waals surface area contributed by atoms with Crippen LogP contribution in [0.4, 0.5) is 0 Å². The molecule has 0 radical (unpaired) electrons. The summed E-state index contributed by atoms with van der Waals surface area (Å²) in [5.74, 6) is -0.349. The maximum absolute atomic E-state index is 10.9. The highest BCUT2D eigenvalue weighted by atomic mass is 16.5. The highest BCUT2D eigenvalue weighted by Gasteiger charge is 2.05. The summed E-state index contributed by atoms with van der Waals surface area (Å²) in [6.07, 6.45) is 1.18. The van der Waals surface area contributed by atoms with Crippen LogP contribution in [0.15, 0.2) is 23.1 Å². The third kappa shape index (κ3) is 1.29. The topological polar surface area (TPSA) is 59.3 Å². The molecule has 0 atom stereocenters. The lowest BCUT2D eigenvalue weighted by molar-refractivity contribution is 0.100. The first-order chi connectivity index (χ1) is 5.13. The van der Waals surface area contributed by atoms with Crippen molar-refractivity contribution in [3.8, 4) is 0 Å². The summed E-state index contributed by atoms with van der Waals surface area (Å²) < 4.78 is 0.386. The largest absolute Gasteiger partial charge is 0.425 e. The summed E-state index contributed by atoms with van der Waals surface area (Å²) in [6.45, 7) is 1.27. The van der Waals surface area contributed by atoms with Crippen molar-refractivity contribution >= 4 is 5.78 Å². The lowest BCUT2D eigenvalue weighted by Gasteiger charge is -1.96. The van der Waals surface area contributed by atoms with E-state index >= 15 is 0 Å². The SMILES string of the molecule is CC(=O)c1cccn(O)c1=O. The molecule has 0 aliphatic rings. The molecule has 0 aliphatic heterocycles. The minimum atomic E-state index is -0.681. The molecule has 0 amide bonds. The molecule has 0 unspecified atom stereocenters. The fraction of sp³-hybridized carbons (Fsp3) is 0.143. The van der Waals surface area contributed by atoms with Crippen LogP contribution in [0.25, 0.3) is 0 Å². The molecule has 1 heterocycles. The smallest absolute Gasteiger partial charge is 0.293 e. The van der Waals surface area contributed by atoms with Gasteiger partial charge in [0.15, 0.2) is 5.78 Å². The zero-order valence-corrected chi connectivity index (χ0v) is 5.94. The van der Waals surface area contributed by atoms with E-state index in [1.165, 1.54) is 25.3 Å². The summed E-state index contributed by atoms with van der Waals surface area (Å²) in [4.78, 5) is 21.6. The fourth-order valence-corrected chi connectivity index (χ4v) is 0.751. The first-order valence-corrected chi connectivity index (χ1v) is 3.05. The van der Waals surface area contributed by atoms with Crippen molar-refractivity contribution in [2.24, 2.45) is 0 Å². The molecular weight excluding hydrogens is 146 g/mol. The van der Waals surface area contributed by atoms with Crippen molar-refractivity contribution in [3.63, 3.8) is 0 Å². The van der Waals surface area contributed by atoms with Crippen LogP contribution < -0.4 is 5.56 Å². The Bertz CT molecular complexity index is 340. The van der Waals surface area contributed by atoms with Crippen LogP contribution >= 0.6 is 0 Å². The van der Waals surface area contributed by atoms with Crippen molar-refractivity contribution < 1.29 is 10.0 Å². The molecule has 4 heteroatoms. The van der Waals surface area contributed by atoms with Crippen LogP contribution in [0.3, 0.4) is 0 Å². The summed E-state index contributed by atoms with van der Waals surface area (Å²) >= 11 is 0. The average molecular weight is 153 g/mol. The number of rotatable bonds is 1. The molecule has 0 saturated carbocycles. The van der Waals surface area contributed by atoms with Gasteiger partial charge in [0.1, 0.15) is 0 Å². The van der Waals surface area contributed by atoms with Crippen molar-refractivity contribution in [2.45, 2.75) is 6.92 Å². The second-order valence-corrected chi connectivity index (χ2v) is 2.13. The van der Waals surface area contributed by atoms with Gasteiger partial charge in [0, 0.05) is 6.20 Å². The Labute approximate surface area is 62.7 Å². The van der Waals surface area contributed by atoms with Crippen LogP contribution in [0.5, 0.6) is 0 Å². The number of carbonyl (C=O) groups is 1. The molecule has 11 heavy (non-hydrogen) atoms. The van der Waals surface area contributed by atoms with E-state index in [-0.39, 0.29) is 11.3 Å². The van der Waals surface area contributed by atoms with Crippen molar-refractivity contribution in [3.05, 3.63) is 34.2 Å². The predicted octanol–water partition coefficient (Wildman–Crippen LogP) is 0.288. The normalized spacial score (nSPS) is 9.55. The summed E-state index contributed by atoms with van der Waals surface area (Å²) in [5.41, 5.74) is -0.685. The Morgan fingerprint density at radius 1 is 1.64 bits per heavy atom. The number of aromatic nitrogens is 1. The van der Waals surface area contributed by atoms with Crippen molar-refractivity contribution in [2.75, 3.05) is 0 Å². The number of ketones is 1. The van der Waals surface area contributed by atoms with Gasteiger partial charge in [0.05, 0.1) is 5.56 Å². The molecule has 0 aromatic carbocycles. The molecule has 0 saturated heterocycles. The van der Waals surface area contributed by atoms with Gasteiger partial charge in [-0.3, -0.25) is 9.59 Å². The maximum atomic E-state index is 10.9. The van der Waals surface area contributed by atoms with Crippen LogP contribution in [-0.4, -0.2) is 15.7 Å². The molecule has 0 aliphatic carbocycles. The van der Waals surface area contributed by atoms with Gasteiger partial charge in [0.25, 0.3) is 5.56 Å². The van der Waals surface area contributed by atoms with E-state index in [1.54, 1.807) is 0 Å². The minimum Gasteiger partial charge on any atom is -0.425 e. The molecule has 0 bridgehead atoms. The third-order valence-electron chi connectivity index (χ3n) is 1.31.